The summed E-state index contributed by atoms with van der Waals surface area (Å²) in [4.78, 5) is 10.6. The van der Waals surface area contributed by atoms with E-state index in [9.17, 15) is 4.79 Å². The van der Waals surface area contributed by atoms with Gasteiger partial charge in [0.25, 0.3) is 0 Å². The van der Waals surface area contributed by atoms with E-state index in [0.29, 0.717) is 0 Å². The molecule has 63 valence electrons. The van der Waals surface area contributed by atoms with Crippen molar-refractivity contribution in [1.29, 1.82) is 0 Å². The van der Waals surface area contributed by atoms with Crippen LogP contribution in [0.1, 0.15) is 0 Å². The summed E-state index contributed by atoms with van der Waals surface area (Å²) < 4.78 is 0. The molecule has 1 rings (SSSR count). The van der Waals surface area contributed by atoms with E-state index in [1.165, 1.54) is 5.01 Å². The van der Waals surface area contributed by atoms with Gasteiger partial charge >= 0.3 is 0 Å². The minimum atomic E-state index is 0.748. The first kappa shape index (κ1) is 8.74. The molecule has 0 heterocycles. The van der Waals surface area contributed by atoms with E-state index in [1.54, 1.807) is 25.2 Å². The molecule has 1 aromatic carbocycles. The molecule has 1 amide bonds. The van der Waals surface area contributed by atoms with E-state index < -0.39 is 0 Å². The summed E-state index contributed by atoms with van der Waals surface area (Å²) in [5.74, 6) is 0. The Morgan fingerprint density at radius 3 is 2.58 bits per heavy atom. The topological polar surface area (TPSA) is 23.6 Å². The lowest BCUT2D eigenvalue weighted by Crippen LogP contribution is -2.35. The van der Waals surface area contributed by atoms with Crippen LogP contribution in [0.15, 0.2) is 24.3 Å². The highest BCUT2D eigenvalue weighted by Gasteiger charge is 2.05. The van der Waals surface area contributed by atoms with Gasteiger partial charge in [0.2, 0.25) is 6.41 Å². The number of rotatable bonds is 3. The van der Waals surface area contributed by atoms with E-state index in [-0.39, 0.29) is 0 Å². The van der Waals surface area contributed by atoms with E-state index in [2.05, 4.69) is 6.07 Å². The van der Waals surface area contributed by atoms with Gasteiger partial charge in [0.15, 0.2) is 0 Å². The second-order valence-corrected chi connectivity index (χ2v) is 2.55. The Bertz CT molecular complexity index is 246. The maximum atomic E-state index is 10.6. The van der Waals surface area contributed by atoms with Crippen LogP contribution in [0.4, 0.5) is 5.69 Å². The van der Waals surface area contributed by atoms with Gasteiger partial charge in [-0.3, -0.25) is 4.79 Å². The fourth-order valence-corrected chi connectivity index (χ4v) is 0.893. The van der Waals surface area contributed by atoms with Crippen molar-refractivity contribution in [2.24, 2.45) is 0 Å². The largest absolute Gasteiger partial charge is 0.277 e. The van der Waals surface area contributed by atoms with Gasteiger partial charge in [-0.1, -0.05) is 18.2 Å². The average molecular weight is 163 g/mol. The predicted molar refractivity (Wildman–Crippen MR) is 47.5 cm³/mol. The molecule has 0 saturated carbocycles. The fraction of sp³-hybridized carbons (Fsp3) is 0.222. The lowest BCUT2D eigenvalue weighted by Gasteiger charge is -2.23. The van der Waals surface area contributed by atoms with Crippen molar-refractivity contribution in [1.82, 2.24) is 5.01 Å². The molecule has 3 nitrogen and oxygen atoms in total. The van der Waals surface area contributed by atoms with Crippen LogP contribution in [0.2, 0.25) is 0 Å². The highest BCUT2D eigenvalue weighted by molar-refractivity contribution is 5.72. The third-order valence-corrected chi connectivity index (χ3v) is 1.47. The first-order valence-corrected chi connectivity index (χ1v) is 3.64. The van der Waals surface area contributed by atoms with Crippen LogP contribution >= 0.6 is 0 Å². The fourth-order valence-electron chi connectivity index (χ4n) is 0.893. The molecule has 0 spiro atoms. The molecule has 3 heteroatoms. The maximum absolute atomic E-state index is 10.6. The SMILES string of the molecule is CN(C)N(C=O)c1[c]cccc1. The summed E-state index contributed by atoms with van der Waals surface area (Å²) in [6.07, 6.45) is 0.756. The maximum Gasteiger partial charge on any atom is 0.228 e. The van der Waals surface area contributed by atoms with E-state index >= 15 is 0 Å². The smallest absolute Gasteiger partial charge is 0.228 e. The molecule has 1 radical (unpaired) electrons. The number of carbonyl (C=O) groups is 1. The summed E-state index contributed by atoms with van der Waals surface area (Å²) in [7, 11) is 3.60. The molecule has 0 unspecified atom stereocenters. The standard InChI is InChI=1S/C9H11N2O/c1-10(2)11(8-12)9-6-4-3-5-7-9/h3-6,8H,1-2H3. The van der Waals surface area contributed by atoms with Gasteiger partial charge in [-0.25, -0.2) is 10.0 Å². The summed E-state index contributed by atoms with van der Waals surface area (Å²) in [5, 5.41) is 3.17. The second kappa shape index (κ2) is 3.88. The van der Waals surface area contributed by atoms with E-state index in [0.717, 1.165) is 12.1 Å². The van der Waals surface area contributed by atoms with Gasteiger partial charge in [-0.15, -0.1) is 0 Å². The van der Waals surface area contributed by atoms with Crippen molar-refractivity contribution < 1.29 is 4.79 Å². The highest BCUT2D eigenvalue weighted by Crippen LogP contribution is 2.10. The first-order chi connectivity index (χ1) is 5.75. The summed E-state index contributed by atoms with van der Waals surface area (Å²) in [5.41, 5.74) is 0.748. The number of nitrogens with zero attached hydrogens (tertiary/aromatic N) is 2. The van der Waals surface area contributed by atoms with Crippen LogP contribution in [0.5, 0.6) is 0 Å². The molecule has 0 bridgehead atoms. The lowest BCUT2D eigenvalue weighted by molar-refractivity contribution is -0.109. The monoisotopic (exact) mass is 163 g/mol. The molecule has 0 fully saturated rings. The second-order valence-electron chi connectivity index (χ2n) is 2.55. The molecule has 0 aliphatic heterocycles. The van der Waals surface area contributed by atoms with E-state index in [1.807, 2.05) is 18.2 Å². The number of hydrogen-bond donors (Lipinski definition) is 0. The summed E-state index contributed by atoms with van der Waals surface area (Å²) in [6, 6.07) is 10.3. The zero-order valence-electron chi connectivity index (χ0n) is 7.19. The number of benzene rings is 1. The number of hydrogen-bond acceptors (Lipinski definition) is 2. The van der Waals surface area contributed by atoms with Crippen molar-refractivity contribution in [3.05, 3.63) is 30.3 Å². The Kier molecular flexibility index (Phi) is 2.82. The van der Waals surface area contributed by atoms with Crippen LogP contribution in [-0.2, 0) is 4.79 Å². The van der Waals surface area contributed by atoms with Crippen molar-refractivity contribution in [2.45, 2.75) is 0 Å². The van der Waals surface area contributed by atoms with E-state index in [4.69, 9.17) is 0 Å². The van der Waals surface area contributed by atoms with Crippen LogP contribution in [0.25, 0.3) is 0 Å². The Hall–Kier alpha value is -1.35. The van der Waals surface area contributed by atoms with Crippen molar-refractivity contribution in [3.63, 3.8) is 0 Å². The van der Waals surface area contributed by atoms with Gasteiger partial charge < -0.3 is 0 Å². The molecule has 0 aromatic heterocycles. The third kappa shape index (κ3) is 1.83. The van der Waals surface area contributed by atoms with Crippen LogP contribution in [-0.4, -0.2) is 25.5 Å². The first-order valence-electron chi connectivity index (χ1n) is 3.64. The Labute approximate surface area is 72.2 Å². The van der Waals surface area contributed by atoms with Gasteiger partial charge in [-0.05, 0) is 6.07 Å². The normalized spacial score (nSPS) is 9.92. The highest BCUT2D eigenvalue weighted by atomic mass is 16.1. The summed E-state index contributed by atoms with van der Waals surface area (Å²) in [6.45, 7) is 0. The Morgan fingerprint density at radius 2 is 2.17 bits per heavy atom. The number of amides is 1. The predicted octanol–water partition coefficient (Wildman–Crippen LogP) is 0.926. The zero-order valence-corrected chi connectivity index (χ0v) is 7.19. The number of carbonyl (C=O) groups excluding carboxylic acids is 1. The molecular weight excluding hydrogens is 152 g/mol. The molecule has 1 aromatic rings. The molecular formula is C9H11N2O. The zero-order chi connectivity index (χ0) is 8.97. The molecule has 0 aliphatic carbocycles. The van der Waals surface area contributed by atoms with Crippen LogP contribution in [0.3, 0.4) is 0 Å². The number of para-hydroxylation sites is 1. The molecule has 0 saturated heterocycles. The quantitative estimate of drug-likeness (QED) is 0.489. The van der Waals surface area contributed by atoms with Crippen molar-refractivity contribution in [2.75, 3.05) is 19.1 Å². The lowest BCUT2D eigenvalue weighted by atomic mass is 10.3. The molecule has 0 N–H and O–H groups in total. The third-order valence-electron chi connectivity index (χ3n) is 1.47. The van der Waals surface area contributed by atoms with Crippen LogP contribution in [0, 0.1) is 6.07 Å². The van der Waals surface area contributed by atoms with Gasteiger partial charge in [0, 0.05) is 20.2 Å². The Morgan fingerprint density at radius 1 is 1.42 bits per heavy atom. The molecule has 0 aliphatic rings. The van der Waals surface area contributed by atoms with Gasteiger partial charge in [0.05, 0.1) is 5.69 Å². The number of anilines is 1. The summed E-state index contributed by atoms with van der Waals surface area (Å²) >= 11 is 0. The van der Waals surface area contributed by atoms with Gasteiger partial charge in [-0.2, -0.15) is 0 Å². The minimum absolute atomic E-state index is 0.748. The van der Waals surface area contributed by atoms with Crippen LogP contribution < -0.4 is 5.01 Å². The van der Waals surface area contributed by atoms with Crippen molar-refractivity contribution in [3.8, 4) is 0 Å². The molecule has 12 heavy (non-hydrogen) atoms. The molecule has 0 atom stereocenters. The van der Waals surface area contributed by atoms with Gasteiger partial charge in [0.1, 0.15) is 0 Å². The van der Waals surface area contributed by atoms with Crippen molar-refractivity contribution >= 4 is 12.1 Å². The average Bonchev–Trinajstić information content (AvgIpc) is 2.07. The number of hydrazine groups is 1. The minimum Gasteiger partial charge on any atom is -0.277 e. The Balaban J connectivity index is 2.88.